The Hall–Kier alpha value is -2.73. The number of para-hydroxylation sites is 2. The van der Waals surface area contributed by atoms with Gasteiger partial charge in [0.05, 0.1) is 30.8 Å². The Morgan fingerprint density at radius 3 is 2.48 bits per heavy atom. The van der Waals surface area contributed by atoms with Crippen molar-refractivity contribution in [3.8, 4) is 22.9 Å². The number of carbonyl (C=O) groups is 1. The minimum atomic E-state index is -0.327. The van der Waals surface area contributed by atoms with Gasteiger partial charge in [-0.1, -0.05) is 31.4 Å². The molecule has 0 spiro atoms. The largest absolute Gasteiger partial charge is 1.00 e. The number of amides is 1. The van der Waals surface area contributed by atoms with Crippen LogP contribution in [0.1, 0.15) is 53.4 Å². The molecule has 4 rings (SSSR count). The number of rotatable bonds is 7. The highest BCUT2D eigenvalue weighted by molar-refractivity contribution is 5.88. The maximum Gasteiger partial charge on any atom is 1.00 e. The molecule has 33 heavy (non-hydrogen) atoms. The lowest BCUT2D eigenvalue weighted by Crippen LogP contribution is -3.00. The summed E-state index contributed by atoms with van der Waals surface area (Å²) in [5.41, 5.74) is 2.69. The summed E-state index contributed by atoms with van der Waals surface area (Å²) in [5.74, 6) is 2.47. The van der Waals surface area contributed by atoms with E-state index in [0.717, 1.165) is 53.9 Å². The Morgan fingerprint density at radius 1 is 1.09 bits per heavy atom. The lowest BCUT2D eigenvalue weighted by atomic mass is 9.83. The van der Waals surface area contributed by atoms with Gasteiger partial charge in [-0.3, -0.25) is 4.79 Å². The highest BCUT2D eigenvalue weighted by Crippen LogP contribution is 2.41. The number of methoxy groups -OCH3 is 2. The van der Waals surface area contributed by atoms with Gasteiger partial charge in [-0.15, -0.1) is 0 Å². The van der Waals surface area contributed by atoms with Gasteiger partial charge in [0.1, 0.15) is 23.4 Å². The Kier molecular flexibility index (Phi) is 8.25. The molecule has 1 fully saturated rings. The van der Waals surface area contributed by atoms with Crippen LogP contribution in [-0.4, -0.2) is 35.7 Å². The molecule has 7 heteroatoms. The number of aromatic nitrogens is 2. The molecular formula is C26H34ClN3O3. The van der Waals surface area contributed by atoms with Crippen molar-refractivity contribution in [3.63, 3.8) is 0 Å². The van der Waals surface area contributed by atoms with Crippen molar-refractivity contribution in [3.05, 3.63) is 42.5 Å². The van der Waals surface area contributed by atoms with Crippen molar-refractivity contribution < 1.29 is 28.1 Å². The first-order valence-electron chi connectivity index (χ1n) is 11.5. The van der Waals surface area contributed by atoms with Crippen molar-refractivity contribution in [1.82, 2.24) is 14.9 Å². The number of nitrogens with one attached hydrogen (secondary N) is 1. The predicted molar refractivity (Wildman–Crippen MR) is 128 cm³/mol. The standard InChI is InChI=1S/C26H33N3O3.ClH/c1-17(2)27-26(30)24(18-10-6-5-7-11-18)29-22-13-9-8-12-21(22)28-25(29)20-15-14-19(31-3)16-23(20)32-4;/h8-9,12-18,24H,5-7,10-11H2,1-4H3,(H,27,30);1H. The second-order valence-electron chi connectivity index (χ2n) is 8.87. The average Bonchev–Trinajstić information content (AvgIpc) is 3.18. The molecule has 1 aromatic heterocycles. The van der Waals surface area contributed by atoms with Crippen LogP contribution in [0.5, 0.6) is 11.5 Å². The normalized spacial score (nSPS) is 15.2. The fourth-order valence-corrected chi connectivity index (χ4v) is 4.86. The number of halogens is 1. The van der Waals surface area contributed by atoms with E-state index in [2.05, 4.69) is 16.0 Å². The number of imidazole rings is 1. The lowest BCUT2D eigenvalue weighted by molar-refractivity contribution is -0.126. The summed E-state index contributed by atoms with van der Waals surface area (Å²) in [5, 5.41) is 3.18. The van der Waals surface area contributed by atoms with Crippen LogP contribution in [0.4, 0.5) is 0 Å². The van der Waals surface area contributed by atoms with E-state index in [-0.39, 0.29) is 37.7 Å². The molecule has 3 aromatic rings. The highest BCUT2D eigenvalue weighted by Gasteiger charge is 2.35. The number of carbonyl (C=O) groups excluding carboxylic acids is 1. The zero-order chi connectivity index (χ0) is 22.7. The molecule has 6 nitrogen and oxygen atoms in total. The summed E-state index contributed by atoms with van der Waals surface area (Å²) >= 11 is 0. The van der Waals surface area contributed by atoms with Gasteiger partial charge in [-0.05, 0) is 56.9 Å². The van der Waals surface area contributed by atoms with E-state index in [1.165, 1.54) is 6.42 Å². The van der Waals surface area contributed by atoms with Crippen molar-refractivity contribution >= 4 is 16.9 Å². The van der Waals surface area contributed by atoms with E-state index in [1.54, 1.807) is 14.2 Å². The number of benzene rings is 2. The molecule has 2 aromatic carbocycles. The Bertz CT molecular complexity index is 1100. The fraction of sp³-hybridized carbons (Fsp3) is 0.462. The van der Waals surface area contributed by atoms with E-state index in [1.807, 2.05) is 50.2 Å². The second-order valence-corrected chi connectivity index (χ2v) is 8.87. The zero-order valence-corrected chi connectivity index (χ0v) is 20.6. The molecule has 0 saturated heterocycles. The van der Waals surface area contributed by atoms with Crippen LogP contribution in [-0.2, 0) is 4.79 Å². The van der Waals surface area contributed by atoms with Gasteiger partial charge >= 0.3 is 1.43 Å². The van der Waals surface area contributed by atoms with Gasteiger partial charge in [-0.2, -0.15) is 0 Å². The monoisotopic (exact) mass is 471 g/mol. The summed E-state index contributed by atoms with van der Waals surface area (Å²) < 4.78 is 13.2. The summed E-state index contributed by atoms with van der Waals surface area (Å²) in [6, 6.07) is 13.5. The third kappa shape index (κ3) is 5.11. The first kappa shape index (κ1) is 24.9. The average molecular weight is 472 g/mol. The van der Waals surface area contributed by atoms with E-state index in [0.29, 0.717) is 5.75 Å². The predicted octanol–water partition coefficient (Wildman–Crippen LogP) is 2.48. The van der Waals surface area contributed by atoms with Crippen molar-refractivity contribution in [2.75, 3.05) is 14.2 Å². The molecule has 178 valence electrons. The van der Waals surface area contributed by atoms with Crippen LogP contribution in [0, 0.1) is 5.92 Å². The first-order valence-corrected chi connectivity index (χ1v) is 11.5. The van der Waals surface area contributed by atoms with Crippen LogP contribution in [0.2, 0.25) is 0 Å². The van der Waals surface area contributed by atoms with Crippen molar-refractivity contribution in [2.24, 2.45) is 5.92 Å². The number of hydrogen-bond acceptors (Lipinski definition) is 4. The Labute approximate surface area is 203 Å². The molecular weight excluding hydrogens is 438 g/mol. The minimum Gasteiger partial charge on any atom is -1.00 e. The first-order chi connectivity index (χ1) is 15.5. The molecule has 0 radical (unpaired) electrons. The molecule has 0 aliphatic heterocycles. The maximum atomic E-state index is 13.6. The third-order valence-corrected chi connectivity index (χ3v) is 6.32. The smallest absolute Gasteiger partial charge is 1.00 e. The summed E-state index contributed by atoms with van der Waals surface area (Å²) in [4.78, 5) is 18.6. The van der Waals surface area contributed by atoms with Gasteiger partial charge in [0.2, 0.25) is 5.91 Å². The zero-order valence-electron chi connectivity index (χ0n) is 20.8. The molecule has 1 saturated carbocycles. The number of ether oxygens (including phenoxy) is 2. The number of nitrogens with zero attached hydrogens (tertiary/aromatic N) is 2. The van der Waals surface area contributed by atoms with E-state index in [4.69, 9.17) is 14.5 Å². The van der Waals surface area contributed by atoms with Crippen LogP contribution in [0.15, 0.2) is 42.5 Å². The summed E-state index contributed by atoms with van der Waals surface area (Å²) in [6.07, 6.45) is 5.64. The van der Waals surface area contributed by atoms with Crippen molar-refractivity contribution in [2.45, 2.75) is 58.0 Å². The molecule has 1 amide bonds. The lowest BCUT2D eigenvalue weighted by Gasteiger charge is -2.32. The molecule has 1 heterocycles. The van der Waals surface area contributed by atoms with E-state index < -0.39 is 0 Å². The topological polar surface area (TPSA) is 65.4 Å². The molecule has 1 unspecified atom stereocenters. The summed E-state index contributed by atoms with van der Waals surface area (Å²) in [6.45, 7) is 4.02. The Balaban J connectivity index is 0.00000204. The van der Waals surface area contributed by atoms with Crippen LogP contribution < -0.4 is 27.2 Å². The van der Waals surface area contributed by atoms with E-state index >= 15 is 0 Å². The van der Waals surface area contributed by atoms with Crippen molar-refractivity contribution in [1.29, 1.82) is 0 Å². The molecule has 1 aliphatic carbocycles. The van der Waals surface area contributed by atoms with Crippen LogP contribution in [0.25, 0.3) is 22.4 Å². The Morgan fingerprint density at radius 2 is 1.82 bits per heavy atom. The number of hydrogen-bond donors (Lipinski definition) is 1. The minimum absolute atomic E-state index is 0. The summed E-state index contributed by atoms with van der Waals surface area (Å²) in [7, 11) is 3.29. The van der Waals surface area contributed by atoms with Gasteiger partial charge in [0, 0.05) is 12.1 Å². The number of fused-ring (bicyclic) bond motifs is 1. The second kappa shape index (κ2) is 10.9. The SMILES string of the molecule is COc1ccc(-c2nc3ccccc3n2C(C(=O)NC(C)C)C2CCCCC2)c(OC)c1.[Cl-].[H+]. The third-order valence-electron chi connectivity index (χ3n) is 6.32. The van der Waals surface area contributed by atoms with Gasteiger partial charge in [-0.25, -0.2) is 4.98 Å². The van der Waals surface area contributed by atoms with Crippen LogP contribution >= 0.6 is 0 Å². The van der Waals surface area contributed by atoms with Gasteiger partial charge in [0.15, 0.2) is 0 Å². The molecule has 1 N–H and O–H groups in total. The quantitative estimate of drug-likeness (QED) is 0.575. The fourth-order valence-electron chi connectivity index (χ4n) is 4.86. The molecule has 1 aliphatic rings. The van der Waals surface area contributed by atoms with E-state index in [9.17, 15) is 4.79 Å². The van der Waals surface area contributed by atoms with Gasteiger partial charge in [0.25, 0.3) is 0 Å². The van der Waals surface area contributed by atoms with Crippen LogP contribution in [0.3, 0.4) is 0 Å². The molecule has 0 bridgehead atoms. The highest BCUT2D eigenvalue weighted by atomic mass is 35.5. The molecule has 1 atom stereocenters. The maximum absolute atomic E-state index is 13.6. The van der Waals surface area contributed by atoms with Gasteiger partial charge < -0.3 is 31.8 Å².